The van der Waals surface area contributed by atoms with Gasteiger partial charge in [0.25, 0.3) is 0 Å². The van der Waals surface area contributed by atoms with Crippen molar-refractivity contribution in [2.45, 2.75) is 521 Å². The van der Waals surface area contributed by atoms with Gasteiger partial charge in [-0.1, -0.05) is 483 Å². The summed E-state index contributed by atoms with van der Waals surface area (Å²) in [5, 5.41) is 11.9. The molecule has 0 heterocycles. The lowest BCUT2D eigenvalue weighted by Crippen LogP contribution is -2.44. The van der Waals surface area contributed by atoms with E-state index in [4.69, 9.17) is 18.9 Å². The molecule has 9 heteroatoms. The van der Waals surface area contributed by atoms with E-state index in [-0.39, 0.29) is 32.2 Å². The molecule has 0 spiro atoms. The number of nitrogens with zero attached hydrogens (tertiary/aromatic N) is 1. The lowest BCUT2D eigenvalue weighted by molar-refractivity contribution is -0.870. The van der Waals surface area contributed by atoms with Gasteiger partial charge in [0.05, 0.1) is 40.3 Å². The van der Waals surface area contributed by atoms with Crippen molar-refractivity contribution < 1.29 is 42.9 Å². The van der Waals surface area contributed by atoms with Crippen molar-refractivity contribution in [1.82, 2.24) is 0 Å². The largest absolute Gasteiger partial charge is 0.545 e. The number of hydrogen-bond donors (Lipinski definition) is 0. The number of carbonyl (C=O) groups excluding carboxylic acids is 3. The van der Waals surface area contributed by atoms with Crippen LogP contribution in [0.25, 0.3) is 0 Å². The molecule has 9 nitrogen and oxygen atoms in total. The van der Waals surface area contributed by atoms with E-state index in [1.807, 2.05) is 21.1 Å². The van der Waals surface area contributed by atoms with Gasteiger partial charge in [-0.15, -0.1) is 0 Å². The second-order valence-corrected chi connectivity index (χ2v) is 33.0. The van der Waals surface area contributed by atoms with E-state index < -0.39 is 24.3 Å². The first-order valence-electron chi connectivity index (χ1n) is 45.7. The highest BCUT2D eigenvalue weighted by molar-refractivity contribution is 5.70. The number of aliphatic carboxylic acids is 1. The summed E-state index contributed by atoms with van der Waals surface area (Å²) in [7, 11) is 5.96. The molecule has 0 amide bonds. The molecule has 0 fully saturated rings. The summed E-state index contributed by atoms with van der Waals surface area (Å²) in [6.45, 7) is 4.87. The van der Waals surface area contributed by atoms with E-state index in [0.717, 1.165) is 38.5 Å². The van der Waals surface area contributed by atoms with Gasteiger partial charge in [-0.05, 0) is 12.8 Å². The summed E-state index contributed by atoms with van der Waals surface area (Å²) in [6, 6.07) is 0. The first-order chi connectivity index (χ1) is 49.1. The summed E-state index contributed by atoms with van der Waals surface area (Å²) >= 11 is 0. The minimum absolute atomic E-state index is 0.154. The number of esters is 2. The topological polar surface area (TPSA) is 111 Å². The Balaban J connectivity index is 3.86. The molecule has 0 aliphatic heterocycles. The van der Waals surface area contributed by atoms with E-state index >= 15 is 0 Å². The molecule has 0 aromatic heterocycles. The Morgan fingerprint density at radius 1 is 0.260 bits per heavy atom. The molecule has 0 aliphatic carbocycles. The van der Waals surface area contributed by atoms with Crippen LogP contribution in [0.5, 0.6) is 0 Å². The van der Waals surface area contributed by atoms with Crippen molar-refractivity contribution in [3.05, 3.63) is 0 Å². The van der Waals surface area contributed by atoms with Gasteiger partial charge < -0.3 is 33.3 Å². The van der Waals surface area contributed by atoms with Gasteiger partial charge >= 0.3 is 11.9 Å². The highest BCUT2D eigenvalue weighted by Gasteiger charge is 2.22. The van der Waals surface area contributed by atoms with Gasteiger partial charge in [0, 0.05) is 12.8 Å². The number of carboxylic acid groups (broad SMARTS) is 1. The third kappa shape index (κ3) is 83.6. The van der Waals surface area contributed by atoms with Crippen LogP contribution in [0.2, 0.25) is 0 Å². The molecular formula is C91H179NO8. The molecule has 0 N–H and O–H groups in total. The van der Waals surface area contributed by atoms with Crippen LogP contribution in [0.3, 0.4) is 0 Å². The van der Waals surface area contributed by atoms with Crippen LogP contribution in [-0.2, 0) is 33.3 Å². The maximum Gasteiger partial charge on any atom is 0.306 e. The zero-order valence-corrected chi connectivity index (χ0v) is 68.6. The fraction of sp³-hybridized carbons (Fsp3) is 0.967. The smallest absolute Gasteiger partial charge is 0.306 e. The Morgan fingerprint density at radius 2 is 0.450 bits per heavy atom. The van der Waals surface area contributed by atoms with Gasteiger partial charge in [0.15, 0.2) is 12.4 Å². The molecule has 0 aromatic rings. The summed E-state index contributed by atoms with van der Waals surface area (Å²) in [5.74, 6) is -2.23. The Bertz CT molecular complexity index is 1600. The van der Waals surface area contributed by atoms with Gasteiger partial charge in [-0.2, -0.15) is 0 Å². The molecule has 0 aromatic carbocycles. The van der Waals surface area contributed by atoms with Gasteiger partial charge in [-0.25, -0.2) is 0 Å². The molecule has 0 rings (SSSR count). The molecule has 0 saturated heterocycles. The SMILES string of the molecule is CCCCCCCCCCCCCCCCCCCCCCCCCCCCCCCCCCCCCCCCCC(=O)OC(COC(=O)CCCCCCCCCCCCCCCCCCCCCCCCCCCCCCCCCCCCCC)COC(OCC[N+](C)(C)C)C(=O)[O-]. The average Bonchev–Trinajstić information content (AvgIpc) is 1.08. The zero-order valence-electron chi connectivity index (χ0n) is 68.6. The Kier molecular flexibility index (Phi) is 81.5. The van der Waals surface area contributed by atoms with Crippen molar-refractivity contribution >= 4 is 17.9 Å². The molecule has 100 heavy (non-hydrogen) atoms. The third-order valence-corrected chi connectivity index (χ3v) is 21.6. The van der Waals surface area contributed by atoms with Crippen LogP contribution in [0, 0.1) is 0 Å². The quantitative estimate of drug-likeness (QED) is 0.0256. The number of unbranched alkanes of at least 4 members (excludes halogenated alkanes) is 73. The third-order valence-electron chi connectivity index (χ3n) is 21.6. The fourth-order valence-corrected chi connectivity index (χ4v) is 14.7. The zero-order chi connectivity index (χ0) is 72.5. The minimum atomic E-state index is -1.62. The first kappa shape index (κ1) is 98.3. The van der Waals surface area contributed by atoms with Crippen molar-refractivity contribution in [2.75, 3.05) is 47.5 Å². The second-order valence-electron chi connectivity index (χ2n) is 33.0. The Hall–Kier alpha value is -1.71. The van der Waals surface area contributed by atoms with Crippen molar-refractivity contribution in [1.29, 1.82) is 0 Å². The highest BCUT2D eigenvalue weighted by Crippen LogP contribution is 2.22. The first-order valence-corrected chi connectivity index (χ1v) is 45.7. The van der Waals surface area contributed by atoms with Crippen LogP contribution < -0.4 is 5.11 Å². The minimum Gasteiger partial charge on any atom is -0.545 e. The van der Waals surface area contributed by atoms with Gasteiger partial charge in [0.1, 0.15) is 13.2 Å². The van der Waals surface area contributed by atoms with E-state index in [0.29, 0.717) is 17.4 Å². The van der Waals surface area contributed by atoms with Crippen molar-refractivity contribution in [2.24, 2.45) is 0 Å². The molecule has 2 unspecified atom stereocenters. The molecule has 0 bridgehead atoms. The number of hydrogen-bond acceptors (Lipinski definition) is 8. The summed E-state index contributed by atoms with van der Waals surface area (Å²) < 4.78 is 22.9. The maximum absolute atomic E-state index is 13.0. The average molecular weight is 1420 g/mol. The van der Waals surface area contributed by atoms with E-state index in [1.165, 1.54) is 443 Å². The van der Waals surface area contributed by atoms with E-state index in [1.54, 1.807) is 0 Å². The van der Waals surface area contributed by atoms with Crippen LogP contribution in [0.15, 0.2) is 0 Å². The van der Waals surface area contributed by atoms with Crippen molar-refractivity contribution in [3.8, 4) is 0 Å². The van der Waals surface area contributed by atoms with Gasteiger partial charge in [0.2, 0.25) is 0 Å². The summed E-state index contributed by atoms with van der Waals surface area (Å²) in [5.41, 5.74) is 0. The fourth-order valence-electron chi connectivity index (χ4n) is 14.7. The summed E-state index contributed by atoms with van der Waals surface area (Å²) in [4.78, 5) is 37.7. The van der Waals surface area contributed by atoms with Crippen LogP contribution >= 0.6 is 0 Å². The number of quaternary nitrogens is 1. The predicted molar refractivity (Wildman–Crippen MR) is 431 cm³/mol. The van der Waals surface area contributed by atoms with E-state index in [2.05, 4.69) is 13.8 Å². The Labute approximate surface area is 625 Å². The highest BCUT2D eigenvalue weighted by atomic mass is 16.7. The monoisotopic (exact) mass is 1410 g/mol. The Morgan fingerprint density at radius 3 is 0.640 bits per heavy atom. The molecule has 0 aliphatic rings. The second kappa shape index (κ2) is 82.9. The predicted octanol–water partition coefficient (Wildman–Crippen LogP) is 28.3. The molecular weight excluding hydrogens is 1230 g/mol. The number of ether oxygens (including phenoxy) is 4. The number of rotatable bonds is 88. The molecule has 0 saturated carbocycles. The number of carbonyl (C=O) groups is 3. The summed E-state index contributed by atoms with van der Waals surface area (Å²) in [6.07, 6.45) is 102. The van der Waals surface area contributed by atoms with Gasteiger partial charge in [-0.3, -0.25) is 9.59 Å². The van der Waals surface area contributed by atoms with Crippen molar-refractivity contribution in [3.63, 3.8) is 0 Å². The maximum atomic E-state index is 13.0. The lowest BCUT2D eigenvalue weighted by atomic mass is 10.0. The molecule has 2 atom stereocenters. The molecule has 596 valence electrons. The molecule has 0 radical (unpaired) electrons. The number of likely N-dealkylation sites (N-methyl/N-ethyl adjacent to an activating group) is 1. The van der Waals surface area contributed by atoms with Crippen LogP contribution in [0.1, 0.15) is 508 Å². The standard InChI is InChI=1S/C91H179NO8/c1-6-8-10-12-14-16-18-20-22-24-26-28-30-32-34-36-38-40-42-44-45-46-48-50-52-54-56-58-60-62-64-66-68-70-72-74-76-78-80-82-89(94)100-87(86-99-91(90(95)96)97-84-83-92(3,4)5)85-98-88(93)81-79-77-75-73-71-69-67-65-63-61-59-57-55-53-51-49-47-43-41-39-37-35-33-31-29-27-25-23-21-19-17-15-13-11-9-7-2/h87,91H,6-86H2,1-5H3. The van der Waals surface area contributed by atoms with E-state index in [9.17, 15) is 19.5 Å². The van der Waals surface area contributed by atoms with Crippen LogP contribution in [-0.4, -0.2) is 82.3 Å². The van der Waals surface area contributed by atoms with Crippen LogP contribution in [0.4, 0.5) is 0 Å². The number of carboxylic acids is 1. The normalized spacial score (nSPS) is 12.4. The lowest BCUT2D eigenvalue weighted by Gasteiger charge is -2.26.